The summed E-state index contributed by atoms with van der Waals surface area (Å²) >= 11 is 7.85. The highest BCUT2D eigenvalue weighted by molar-refractivity contribution is 7.13. The molecule has 0 radical (unpaired) electrons. The van der Waals surface area contributed by atoms with Crippen molar-refractivity contribution >= 4 is 40.4 Å². The molecule has 0 unspecified atom stereocenters. The molecule has 3 heterocycles. The number of nitrogens with one attached hydrogen (secondary N) is 1. The van der Waals surface area contributed by atoms with Gasteiger partial charge in [0.1, 0.15) is 16.9 Å². The molecule has 1 aromatic carbocycles. The maximum Gasteiger partial charge on any atom is 0.277 e. The monoisotopic (exact) mass is 482 g/mol. The van der Waals surface area contributed by atoms with Crippen LogP contribution in [0.2, 0.25) is 5.02 Å². The topological polar surface area (TPSA) is 67.2 Å². The van der Waals surface area contributed by atoms with Crippen LogP contribution in [-0.4, -0.2) is 33.2 Å². The lowest BCUT2D eigenvalue weighted by molar-refractivity contribution is -0.127. The number of hydrogen-bond donors (Lipinski definition) is 1. The van der Waals surface area contributed by atoms with Crippen molar-refractivity contribution in [2.24, 2.45) is 0 Å². The standard InChI is InChI=1S/C25H27ClN4O2S/c1-25(24(32)27-18-9-4-2-3-5-10-18)16-29-21(15-20(28-29)22-12-7-13-33-22)23(31)30(25)19-11-6-8-17(26)14-19/h6-8,11-15,18H,2-5,9-10,16H2,1H3,(H,27,32)/t25-/m1/s1. The van der Waals surface area contributed by atoms with Gasteiger partial charge in [0.15, 0.2) is 0 Å². The number of thiophene rings is 1. The Labute approximate surface area is 202 Å². The van der Waals surface area contributed by atoms with E-state index in [1.165, 1.54) is 12.8 Å². The quantitative estimate of drug-likeness (QED) is 0.497. The average molecular weight is 483 g/mol. The Balaban J connectivity index is 1.55. The van der Waals surface area contributed by atoms with Gasteiger partial charge in [-0.2, -0.15) is 5.10 Å². The van der Waals surface area contributed by atoms with Gasteiger partial charge < -0.3 is 5.32 Å². The van der Waals surface area contributed by atoms with Gasteiger partial charge >= 0.3 is 0 Å². The molecule has 3 aromatic rings. The van der Waals surface area contributed by atoms with Crippen LogP contribution in [-0.2, 0) is 11.3 Å². The second-order valence-corrected chi connectivity index (χ2v) is 10.5. The van der Waals surface area contributed by atoms with Gasteiger partial charge in [0, 0.05) is 16.8 Å². The van der Waals surface area contributed by atoms with Gasteiger partial charge in [0.05, 0.1) is 11.4 Å². The summed E-state index contributed by atoms with van der Waals surface area (Å²) in [5, 5.41) is 10.5. The fourth-order valence-electron chi connectivity index (χ4n) is 4.91. The molecule has 8 heteroatoms. The van der Waals surface area contributed by atoms with Crippen molar-refractivity contribution in [3.8, 4) is 10.6 Å². The number of aromatic nitrogens is 2. The Morgan fingerprint density at radius 2 is 1.94 bits per heavy atom. The molecular formula is C25H27ClN4O2S. The predicted molar refractivity (Wildman–Crippen MR) is 132 cm³/mol. The minimum atomic E-state index is -1.14. The molecule has 0 bridgehead atoms. The second kappa shape index (κ2) is 8.95. The Kier molecular flexibility index (Phi) is 6.01. The minimum absolute atomic E-state index is 0.133. The molecule has 5 rings (SSSR count). The minimum Gasteiger partial charge on any atom is -0.351 e. The normalized spacial score (nSPS) is 21.5. The lowest BCUT2D eigenvalue weighted by atomic mass is 9.93. The number of amides is 2. The molecular weight excluding hydrogens is 456 g/mol. The third-order valence-electron chi connectivity index (χ3n) is 6.67. The molecule has 2 amide bonds. The van der Waals surface area contributed by atoms with Crippen LogP contribution in [0.15, 0.2) is 47.8 Å². The third kappa shape index (κ3) is 4.20. The van der Waals surface area contributed by atoms with Crippen LogP contribution in [0.25, 0.3) is 10.6 Å². The van der Waals surface area contributed by atoms with Crippen molar-refractivity contribution in [3.05, 3.63) is 58.6 Å². The van der Waals surface area contributed by atoms with Crippen LogP contribution < -0.4 is 10.2 Å². The summed E-state index contributed by atoms with van der Waals surface area (Å²) in [6.07, 6.45) is 6.60. The number of fused-ring (bicyclic) bond motifs is 1. The van der Waals surface area contributed by atoms with Gasteiger partial charge in [-0.05, 0) is 55.5 Å². The van der Waals surface area contributed by atoms with Crippen molar-refractivity contribution in [1.82, 2.24) is 15.1 Å². The van der Waals surface area contributed by atoms with E-state index in [0.717, 1.165) is 36.3 Å². The fraction of sp³-hybridized carbons (Fsp3) is 0.400. The van der Waals surface area contributed by atoms with E-state index in [1.807, 2.05) is 36.6 Å². The third-order valence-corrected chi connectivity index (χ3v) is 7.80. The van der Waals surface area contributed by atoms with Crippen LogP contribution in [0, 0.1) is 0 Å². The summed E-state index contributed by atoms with van der Waals surface area (Å²) in [7, 11) is 0. The van der Waals surface area contributed by atoms with Crippen molar-refractivity contribution in [3.63, 3.8) is 0 Å². The molecule has 2 aromatic heterocycles. The first-order chi connectivity index (χ1) is 16.0. The van der Waals surface area contributed by atoms with E-state index in [4.69, 9.17) is 16.7 Å². The van der Waals surface area contributed by atoms with Gasteiger partial charge in [-0.25, -0.2) is 0 Å². The van der Waals surface area contributed by atoms with Crippen LogP contribution >= 0.6 is 22.9 Å². The fourth-order valence-corrected chi connectivity index (χ4v) is 5.78. The summed E-state index contributed by atoms with van der Waals surface area (Å²) in [6, 6.07) is 13.0. The summed E-state index contributed by atoms with van der Waals surface area (Å²) in [5.74, 6) is -0.404. The average Bonchev–Trinajstić information content (AvgIpc) is 3.39. The van der Waals surface area contributed by atoms with Gasteiger partial charge in [-0.3, -0.25) is 19.2 Å². The van der Waals surface area contributed by atoms with Crippen molar-refractivity contribution in [2.75, 3.05) is 4.90 Å². The molecule has 0 spiro atoms. The number of benzene rings is 1. The first kappa shape index (κ1) is 22.2. The molecule has 1 fully saturated rings. The van der Waals surface area contributed by atoms with Crippen LogP contribution in [0.1, 0.15) is 55.9 Å². The highest BCUT2D eigenvalue weighted by Crippen LogP contribution is 2.36. The SMILES string of the molecule is C[C@]1(C(=O)NC2CCCCCC2)Cn2nc(-c3cccs3)cc2C(=O)N1c1cccc(Cl)c1. The Hall–Kier alpha value is -2.64. The molecule has 6 nitrogen and oxygen atoms in total. The smallest absolute Gasteiger partial charge is 0.277 e. The molecule has 1 atom stereocenters. The number of hydrogen-bond acceptors (Lipinski definition) is 4. The summed E-state index contributed by atoms with van der Waals surface area (Å²) < 4.78 is 1.69. The number of nitrogens with zero attached hydrogens (tertiary/aromatic N) is 3. The molecule has 1 saturated carbocycles. The Morgan fingerprint density at radius 1 is 1.15 bits per heavy atom. The number of carbonyl (C=O) groups excluding carboxylic acids is 2. The maximum absolute atomic E-state index is 13.8. The van der Waals surface area contributed by atoms with Gasteiger partial charge in [-0.15, -0.1) is 11.3 Å². The Morgan fingerprint density at radius 3 is 2.64 bits per heavy atom. The molecule has 0 saturated heterocycles. The van der Waals surface area contributed by atoms with Crippen LogP contribution in [0.5, 0.6) is 0 Å². The molecule has 2 aliphatic rings. The van der Waals surface area contributed by atoms with E-state index >= 15 is 0 Å². The lowest BCUT2D eigenvalue weighted by Crippen LogP contribution is -2.65. The predicted octanol–water partition coefficient (Wildman–Crippen LogP) is 5.52. The van der Waals surface area contributed by atoms with E-state index in [1.54, 1.807) is 39.1 Å². The van der Waals surface area contributed by atoms with E-state index in [2.05, 4.69) is 5.32 Å². The van der Waals surface area contributed by atoms with E-state index in [0.29, 0.717) is 16.4 Å². The zero-order valence-electron chi connectivity index (χ0n) is 18.6. The zero-order chi connectivity index (χ0) is 23.0. The Bertz CT molecular complexity index is 1170. The van der Waals surface area contributed by atoms with Crippen LogP contribution in [0.4, 0.5) is 5.69 Å². The molecule has 1 aliphatic heterocycles. The summed E-state index contributed by atoms with van der Waals surface area (Å²) in [4.78, 5) is 30.2. The van der Waals surface area contributed by atoms with Gasteiger partial charge in [-0.1, -0.05) is 49.4 Å². The van der Waals surface area contributed by atoms with Crippen molar-refractivity contribution < 1.29 is 9.59 Å². The zero-order valence-corrected chi connectivity index (χ0v) is 20.2. The molecule has 33 heavy (non-hydrogen) atoms. The van der Waals surface area contributed by atoms with Crippen molar-refractivity contribution in [1.29, 1.82) is 0 Å². The first-order valence-electron chi connectivity index (χ1n) is 11.5. The second-order valence-electron chi connectivity index (χ2n) is 9.11. The highest BCUT2D eigenvalue weighted by Gasteiger charge is 2.49. The van der Waals surface area contributed by atoms with E-state index < -0.39 is 5.54 Å². The number of halogens is 1. The van der Waals surface area contributed by atoms with Crippen LogP contribution in [0.3, 0.4) is 0 Å². The van der Waals surface area contributed by atoms with Gasteiger partial charge in [0.2, 0.25) is 5.91 Å². The molecule has 1 N–H and O–H groups in total. The number of carbonyl (C=O) groups is 2. The van der Waals surface area contributed by atoms with E-state index in [9.17, 15) is 9.59 Å². The van der Waals surface area contributed by atoms with E-state index in [-0.39, 0.29) is 24.4 Å². The summed E-state index contributed by atoms with van der Waals surface area (Å²) in [6.45, 7) is 2.10. The number of rotatable bonds is 4. The summed E-state index contributed by atoms with van der Waals surface area (Å²) in [5.41, 5.74) is 0.682. The molecule has 172 valence electrons. The van der Waals surface area contributed by atoms with Crippen molar-refractivity contribution in [2.45, 2.75) is 63.6 Å². The highest BCUT2D eigenvalue weighted by atomic mass is 35.5. The lowest BCUT2D eigenvalue weighted by Gasteiger charge is -2.43. The number of anilines is 1. The molecule has 1 aliphatic carbocycles. The van der Waals surface area contributed by atoms with Gasteiger partial charge in [0.25, 0.3) is 5.91 Å². The first-order valence-corrected chi connectivity index (χ1v) is 12.7. The maximum atomic E-state index is 13.8. The largest absolute Gasteiger partial charge is 0.351 e.